The van der Waals surface area contributed by atoms with Crippen molar-refractivity contribution in [2.75, 3.05) is 41.3 Å². The van der Waals surface area contributed by atoms with Gasteiger partial charge in [0.2, 0.25) is 11.8 Å². The number of carbonyl (C=O) groups excluding carboxylic acids is 2. The maximum absolute atomic E-state index is 11.2. The summed E-state index contributed by atoms with van der Waals surface area (Å²) in [5.41, 5.74) is 0. The van der Waals surface area contributed by atoms with Crippen molar-refractivity contribution in [3.8, 4) is 0 Å². The van der Waals surface area contributed by atoms with Crippen LogP contribution in [0.3, 0.4) is 0 Å². The largest absolute Gasteiger partial charge is 0.349 e. The van der Waals surface area contributed by atoms with Crippen molar-refractivity contribution in [3.63, 3.8) is 0 Å². The second-order valence-electron chi connectivity index (χ2n) is 3.83. The Morgan fingerprint density at radius 2 is 1.20 bits per heavy atom. The normalized spacial score (nSPS) is 9.87. The highest BCUT2D eigenvalue weighted by Gasteiger charge is 2.04. The number of hydrogen-bond donors (Lipinski definition) is 1. The van der Waals surface area contributed by atoms with Gasteiger partial charge < -0.3 is 15.1 Å². The highest BCUT2D eigenvalue weighted by atomic mass is 16.2. The van der Waals surface area contributed by atoms with Gasteiger partial charge in [0.25, 0.3) is 0 Å². The molecule has 0 spiro atoms. The Kier molecular flexibility index (Phi) is 6.70. The SMILES string of the molecule is CN(C)C(=O)CCNCCC(=O)N(C)C. The first-order valence-electron chi connectivity index (χ1n) is 5.06. The lowest BCUT2D eigenvalue weighted by molar-refractivity contribution is -0.128. The smallest absolute Gasteiger partial charge is 0.223 e. The van der Waals surface area contributed by atoms with Crippen LogP contribution in [0, 0.1) is 0 Å². The monoisotopic (exact) mass is 215 g/mol. The van der Waals surface area contributed by atoms with E-state index in [-0.39, 0.29) is 11.8 Å². The van der Waals surface area contributed by atoms with Crippen molar-refractivity contribution in [3.05, 3.63) is 0 Å². The van der Waals surface area contributed by atoms with Gasteiger partial charge in [-0.15, -0.1) is 0 Å². The molecule has 0 aromatic heterocycles. The Morgan fingerprint density at radius 1 is 0.867 bits per heavy atom. The summed E-state index contributed by atoms with van der Waals surface area (Å²) in [4.78, 5) is 25.4. The second kappa shape index (κ2) is 7.23. The van der Waals surface area contributed by atoms with Gasteiger partial charge in [0.1, 0.15) is 0 Å². The van der Waals surface area contributed by atoms with Gasteiger partial charge in [0.15, 0.2) is 0 Å². The predicted octanol–water partition coefficient (Wildman–Crippen LogP) is -0.467. The molecule has 0 unspecified atom stereocenters. The molecule has 0 heterocycles. The lowest BCUT2D eigenvalue weighted by Gasteiger charge is -2.12. The van der Waals surface area contributed by atoms with Crippen LogP contribution < -0.4 is 5.32 Å². The summed E-state index contributed by atoms with van der Waals surface area (Å²) in [5, 5.41) is 3.06. The van der Waals surface area contributed by atoms with Crippen molar-refractivity contribution in [2.45, 2.75) is 12.8 Å². The molecule has 15 heavy (non-hydrogen) atoms. The highest BCUT2D eigenvalue weighted by molar-refractivity contribution is 5.76. The van der Waals surface area contributed by atoms with E-state index in [0.717, 1.165) is 0 Å². The molecule has 0 aromatic carbocycles. The van der Waals surface area contributed by atoms with Crippen LogP contribution in [0.2, 0.25) is 0 Å². The molecule has 0 saturated heterocycles. The minimum absolute atomic E-state index is 0.0986. The summed E-state index contributed by atoms with van der Waals surface area (Å²) in [6.45, 7) is 1.25. The van der Waals surface area contributed by atoms with E-state index in [2.05, 4.69) is 5.32 Å². The number of amides is 2. The first-order chi connectivity index (χ1) is 6.95. The van der Waals surface area contributed by atoms with Crippen molar-refractivity contribution in [1.82, 2.24) is 15.1 Å². The molecular weight excluding hydrogens is 194 g/mol. The van der Waals surface area contributed by atoms with E-state index < -0.39 is 0 Å². The van der Waals surface area contributed by atoms with Gasteiger partial charge in [-0.25, -0.2) is 0 Å². The first kappa shape index (κ1) is 13.9. The van der Waals surface area contributed by atoms with E-state index in [4.69, 9.17) is 0 Å². The van der Waals surface area contributed by atoms with Crippen LogP contribution in [-0.4, -0.2) is 62.9 Å². The Bertz CT molecular complexity index is 193. The van der Waals surface area contributed by atoms with Gasteiger partial charge in [-0.05, 0) is 0 Å². The average Bonchev–Trinajstić information content (AvgIpc) is 2.16. The van der Waals surface area contributed by atoms with Crippen molar-refractivity contribution < 1.29 is 9.59 Å². The molecule has 88 valence electrons. The van der Waals surface area contributed by atoms with Crippen LogP contribution >= 0.6 is 0 Å². The molecule has 0 saturated carbocycles. The standard InChI is InChI=1S/C10H21N3O2/c1-12(2)9(14)5-7-11-8-6-10(15)13(3)4/h11H,5-8H2,1-4H3. The summed E-state index contributed by atoms with van der Waals surface area (Å²) < 4.78 is 0. The molecule has 0 rings (SSSR count). The second-order valence-corrected chi connectivity index (χ2v) is 3.83. The van der Waals surface area contributed by atoms with Gasteiger partial charge in [-0.2, -0.15) is 0 Å². The van der Waals surface area contributed by atoms with Crippen molar-refractivity contribution in [2.24, 2.45) is 0 Å². The maximum atomic E-state index is 11.2. The van der Waals surface area contributed by atoms with Crippen molar-refractivity contribution >= 4 is 11.8 Å². The first-order valence-corrected chi connectivity index (χ1v) is 5.06. The van der Waals surface area contributed by atoms with E-state index in [1.165, 1.54) is 0 Å². The lowest BCUT2D eigenvalue weighted by Crippen LogP contribution is -2.30. The molecule has 0 aliphatic carbocycles. The average molecular weight is 215 g/mol. The Balaban J connectivity index is 3.40. The van der Waals surface area contributed by atoms with E-state index in [9.17, 15) is 9.59 Å². The molecule has 1 N–H and O–H groups in total. The van der Waals surface area contributed by atoms with Crippen LogP contribution in [0.15, 0.2) is 0 Å². The number of nitrogens with one attached hydrogen (secondary N) is 1. The van der Waals surface area contributed by atoms with Crippen molar-refractivity contribution in [1.29, 1.82) is 0 Å². The molecular formula is C10H21N3O2. The molecule has 5 heteroatoms. The Hall–Kier alpha value is -1.10. The number of nitrogens with zero attached hydrogens (tertiary/aromatic N) is 2. The zero-order valence-electron chi connectivity index (χ0n) is 10.0. The summed E-state index contributed by atoms with van der Waals surface area (Å²) in [6.07, 6.45) is 0.951. The van der Waals surface area contributed by atoms with E-state index in [0.29, 0.717) is 25.9 Å². The van der Waals surface area contributed by atoms with Crippen LogP contribution in [0.4, 0.5) is 0 Å². The molecule has 0 aromatic rings. The third-order valence-corrected chi connectivity index (χ3v) is 2.03. The van der Waals surface area contributed by atoms with E-state index in [1.807, 2.05) is 0 Å². The summed E-state index contributed by atoms with van der Waals surface area (Å²) in [7, 11) is 6.94. The molecule has 0 aliphatic rings. The van der Waals surface area contributed by atoms with Crippen LogP contribution in [0.5, 0.6) is 0 Å². The maximum Gasteiger partial charge on any atom is 0.223 e. The third kappa shape index (κ3) is 6.90. The molecule has 5 nitrogen and oxygen atoms in total. The molecule has 0 radical (unpaired) electrons. The zero-order chi connectivity index (χ0) is 11.8. The number of rotatable bonds is 6. The topological polar surface area (TPSA) is 52.7 Å². The van der Waals surface area contributed by atoms with E-state index in [1.54, 1.807) is 38.0 Å². The Morgan fingerprint density at radius 3 is 1.47 bits per heavy atom. The van der Waals surface area contributed by atoms with Gasteiger partial charge in [0.05, 0.1) is 0 Å². The highest BCUT2D eigenvalue weighted by Crippen LogP contribution is 1.87. The minimum Gasteiger partial charge on any atom is -0.349 e. The van der Waals surface area contributed by atoms with Gasteiger partial charge in [-0.3, -0.25) is 9.59 Å². The molecule has 0 aliphatic heterocycles. The number of carbonyl (C=O) groups is 2. The van der Waals surface area contributed by atoms with Gasteiger partial charge >= 0.3 is 0 Å². The van der Waals surface area contributed by atoms with Crippen LogP contribution in [-0.2, 0) is 9.59 Å². The van der Waals surface area contributed by atoms with Gasteiger partial charge in [0, 0.05) is 54.1 Å². The predicted molar refractivity (Wildman–Crippen MR) is 59.5 cm³/mol. The third-order valence-electron chi connectivity index (χ3n) is 2.03. The van der Waals surface area contributed by atoms with Crippen LogP contribution in [0.25, 0.3) is 0 Å². The molecule has 0 bridgehead atoms. The fourth-order valence-corrected chi connectivity index (χ4v) is 0.963. The molecule has 0 atom stereocenters. The Labute approximate surface area is 91.4 Å². The van der Waals surface area contributed by atoms with Crippen LogP contribution in [0.1, 0.15) is 12.8 Å². The number of hydrogen-bond acceptors (Lipinski definition) is 3. The minimum atomic E-state index is 0.0986. The molecule has 2 amide bonds. The summed E-state index contributed by atoms with van der Waals surface area (Å²) in [6, 6.07) is 0. The van der Waals surface area contributed by atoms with E-state index >= 15 is 0 Å². The fourth-order valence-electron chi connectivity index (χ4n) is 0.963. The zero-order valence-corrected chi connectivity index (χ0v) is 10.0. The summed E-state index contributed by atoms with van der Waals surface area (Å²) >= 11 is 0. The fraction of sp³-hybridized carbons (Fsp3) is 0.800. The summed E-state index contributed by atoms with van der Waals surface area (Å²) in [5.74, 6) is 0.197. The van der Waals surface area contributed by atoms with Gasteiger partial charge in [-0.1, -0.05) is 0 Å². The molecule has 0 fully saturated rings. The quantitative estimate of drug-likeness (QED) is 0.610. The lowest BCUT2D eigenvalue weighted by atomic mass is 10.3.